The van der Waals surface area contributed by atoms with E-state index >= 15 is 0 Å². The lowest BCUT2D eigenvalue weighted by Gasteiger charge is -2.18. The molecule has 0 fully saturated rings. The summed E-state index contributed by atoms with van der Waals surface area (Å²) >= 11 is 0. The summed E-state index contributed by atoms with van der Waals surface area (Å²) in [6, 6.07) is 7.92. The first-order chi connectivity index (χ1) is 6.70. The third kappa shape index (κ3) is 1.39. The zero-order valence-corrected chi connectivity index (χ0v) is 8.63. The fourth-order valence-corrected chi connectivity index (χ4v) is 1.97. The smallest absolute Gasteiger partial charge is 0.189 e. The number of hydrogen-bond acceptors (Lipinski definition) is 1. The van der Waals surface area contributed by atoms with Gasteiger partial charge in [-0.25, -0.2) is 0 Å². The highest BCUT2D eigenvalue weighted by atomic mass is 16.1. The standard InChI is InChI=1S/C13H14O/c1-9(2)11-8-7-10-5-3-4-6-12(10)13(11)14/h3-6H,7-8H2,1-2H3. The Kier molecular flexibility index (Phi) is 2.24. The molecule has 0 amide bonds. The first kappa shape index (κ1) is 9.20. The average Bonchev–Trinajstić information content (AvgIpc) is 2.18. The van der Waals surface area contributed by atoms with Gasteiger partial charge in [-0.3, -0.25) is 4.79 Å². The Balaban J connectivity index is 2.52. The number of benzene rings is 1. The Morgan fingerprint density at radius 3 is 2.57 bits per heavy atom. The van der Waals surface area contributed by atoms with Gasteiger partial charge in [0.2, 0.25) is 0 Å². The summed E-state index contributed by atoms with van der Waals surface area (Å²) < 4.78 is 0. The van der Waals surface area contributed by atoms with Crippen LogP contribution in [0.15, 0.2) is 35.4 Å². The first-order valence-electron chi connectivity index (χ1n) is 4.99. The van der Waals surface area contributed by atoms with Gasteiger partial charge in [0, 0.05) is 5.56 Å². The zero-order chi connectivity index (χ0) is 10.1. The molecule has 1 aromatic rings. The molecule has 0 N–H and O–H groups in total. The molecule has 0 bridgehead atoms. The van der Waals surface area contributed by atoms with Crippen molar-refractivity contribution in [2.75, 3.05) is 0 Å². The molecule has 2 rings (SSSR count). The minimum Gasteiger partial charge on any atom is -0.289 e. The van der Waals surface area contributed by atoms with Crippen LogP contribution in [0, 0.1) is 0 Å². The van der Waals surface area contributed by atoms with Gasteiger partial charge in [-0.2, -0.15) is 0 Å². The number of ketones is 1. The summed E-state index contributed by atoms with van der Waals surface area (Å²) in [5.41, 5.74) is 4.26. The van der Waals surface area contributed by atoms with Crippen LogP contribution in [-0.2, 0) is 6.42 Å². The van der Waals surface area contributed by atoms with Crippen molar-refractivity contribution in [1.82, 2.24) is 0 Å². The molecule has 14 heavy (non-hydrogen) atoms. The van der Waals surface area contributed by atoms with E-state index in [4.69, 9.17) is 0 Å². The molecule has 1 heteroatoms. The summed E-state index contributed by atoms with van der Waals surface area (Å²) in [5.74, 6) is 0.229. The molecule has 0 atom stereocenters. The van der Waals surface area contributed by atoms with Crippen LogP contribution in [0.25, 0.3) is 0 Å². The molecule has 1 aliphatic carbocycles. The molecule has 0 saturated heterocycles. The van der Waals surface area contributed by atoms with Gasteiger partial charge in [0.25, 0.3) is 0 Å². The second-order valence-electron chi connectivity index (χ2n) is 3.96. The molecular weight excluding hydrogens is 172 g/mol. The van der Waals surface area contributed by atoms with Crippen LogP contribution >= 0.6 is 0 Å². The third-order valence-electron chi connectivity index (χ3n) is 2.78. The largest absolute Gasteiger partial charge is 0.289 e. The number of hydrogen-bond donors (Lipinski definition) is 0. The third-order valence-corrected chi connectivity index (χ3v) is 2.78. The van der Waals surface area contributed by atoms with Gasteiger partial charge in [0.05, 0.1) is 0 Å². The second-order valence-corrected chi connectivity index (χ2v) is 3.96. The number of allylic oxidation sites excluding steroid dienone is 2. The Morgan fingerprint density at radius 1 is 1.14 bits per heavy atom. The van der Waals surface area contributed by atoms with Crippen molar-refractivity contribution >= 4 is 5.78 Å². The predicted octanol–water partition coefficient (Wildman–Crippen LogP) is 3.15. The van der Waals surface area contributed by atoms with Gasteiger partial charge in [-0.1, -0.05) is 29.8 Å². The van der Waals surface area contributed by atoms with Crippen LogP contribution in [0.1, 0.15) is 36.2 Å². The fraction of sp³-hybridized carbons (Fsp3) is 0.308. The highest BCUT2D eigenvalue weighted by molar-refractivity contribution is 6.11. The first-order valence-corrected chi connectivity index (χ1v) is 4.99. The monoisotopic (exact) mass is 186 g/mol. The Hall–Kier alpha value is -1.37. The number of Topliss-reactive ketones (excluding diaryl/α,β-unsaturated/α-hetero) is 1. The van der Waals surface area contributed by atoms with Crippen molar-refractivity contribution in [2.24, 2.45) is 0 Å². The zero-order valence-electron chi connectivity index (χ0n) is 8.63. The minimum absolute atomic E-state index is 0.229. The molecule has 0 aromatic heterocycles. The fourth-order valence-electron chi connectivity index (χ4n) is 1.97. The van der Waals surface area contributed by atoms with Gasteiger partial charge >= 0.3 is 0 Å². The molecule has 0 unspecified atom stereocenters. The lowest BCUT2D eigenvalue weighted by atomic mass is 9.85. The van der Waals surface area contributed by atoms with Gasteiger partial charge in [-0.05, 0) is 37.8 Å². The maximum Gasteiger partial charge on any atom is 0.189 e. The van der Waals surface area contributed by atoms with E-state index in [0.29, 0.717) is 0 Å². The summed E-state index contributed by atoms with van der Waals surface area (Å²) in [6.07, 6.45) is 1.90. The lowest BCUT2D eigenvalue weighted by Crippen LogP contribution is -2.14. The molecule has 0 radical (unpaired) electrons. The van der Waals surface area contributed by atoms with Gasteiger partial charge in [0.1, 0.15) is 0 Å². The summed E-state index contributed by atoms with van der Waals surface area (Å²) in [5, 5.41) is 0. The molecule has 0 aliphatic heterocycles. The molecule has 0 heterocycles. The van der Waals surface area contributed by atoms with Crippen LogP contribution < -0.4 is 0 Å². The highest BCUT2D eigenvalue weighted by Crippen LogP contribution is 2.26. The van der Waals surface area contributed by atoms with Crippen molar-refractivity contribution in [3.05, 3.63) is 46.5 Å². The summed E-state index contributed by atoms with van der Waals surface area (Å²) in [7, 11) is 0. The molecule has 0 saturated carbocycles. The number of rotatable bonds is 0. The van der Waals surface area contributed by atoms with Crippen molar-refractivity contribution in [1.29, 1.82) is 0 Å². The van der Waals surface area contributed by atoms with E-state index < -0.39 is 0 Å². The quantitative estimate of drug-likeness (QED) is 0.569. The van der Waals surface area contributed by atoms with E-state index in [1.54, 1.807) is 0 Å². The van der Waals surface area contributed by atoms with Crippen LogP contribution in [0.2, 0.25) is 0 Å². The Morgan fingerprint density at radius 2 is 1.86 bits per heavy atom. The average molecular weight is 186 g/mol. The number of carbonyl (C=O) groups is 1. The number of fused-ring (bicyclic) bond motifs is 1. The summed E-state index contributed by atoms with van der Waals surface area (Å²) in [6.45, 7) is 4.03. The van der Waals surface area contributed by atoms with E-state index in [-0.39, 0.29) is 5.78 Å². The van der Waals surface area contributed by atoms with E-state index in [0.717, 1.165) is 29.6 Å². The maximum atomic E-state index is 12.0. The topological polar surface area (TPSA) is 17.1 Å². The molecule has 1 aromatic carbocycles. The van der Waals surface area contributed by atoms with E-state index in [2.05, 4.69) is 6.07 Å². The van der Waals surface area contributed by atoms with Crippen molar-refractivity contribution < 1.29 is 4.79 Å². The molecule has 72 valence electrons. The van der Waals surface area contributed by atoms with Crippen LogP contribution in [-0.4, -0.2) is 5.78 Å². The van der Waals surface area contributed by atoms with E-state index in [1.807, 2.05) is 32.0 Å². The number of aryl methyl sites for hydroxylation is 1. The second kappa shape index (κ2) is 3.41. The van der Waals surface area contributed by atoms with Gasteiger partial charge in [0.15, 0.2) is 5.78 Å². The van der Waals surface area contributed by atoms with Crippen LogP contribution in [0.3, 0.4) is 0 Å². The van der Waals surface area contributed by atoms with Crippen LogP contribution in [0.5, 0.6) is 0 Å². The van der Waals surface area contributed by atoms with E-state index in [1.165, 1.54) is 5.56 Å². The Bertz CT molecular complexity index is 409. The Labute approximate surface area is 84.5 Å². The number of carbonyl (C=O) groups excluding carboxylic acids is 1. The van der Waals surface area contributed by atoms with Crippen LogP contribution in [0.4, 0.5) is 0 Å². The molecular formula is C13H14O. The molecule has 1 nitrogen and oxygen atoms in total. The predicted molar refractivity (Wildman–Crippen MR) is 57.5 cm³/mol. The van der Waals surface area contributed by atoms with Crippen molar-refractivity contribution in [2.45, 2.75) is 26.7 Å². The van der Waals surface area contributed by atoms with Gasteiger partial charge < -0.3 is 0 Å². The molecule has 0 spiro atoms. The van der Waals surface area contributed by atoms with Gasteiger partial charge in [-0.15, -0.1) is 0 Å². The van der Waals surface area contributed by atoms with Crippen molar-refractivity contribution in [3.8, 4) is 0 Å². The normalized spacial score (nSPS) is 15.3. The van der Waals surface area contributed by atoms with Crippen molar-refractivity contribution in [3.63, 3.8) is 0 Å². The van der Waals surface area contributed by atoms with E-state index in [9.17, 15) is 4.79 Å². The summed E-state index contributed by atoms with van der Waals surface area (Å²) in [4.78, 5) is 12.0. The highest BCUT2D eigenvalue weighted by Gasteiger charge is 2.21. The molecule has 1 aliphatic rings. The minimum atomic E-state index is 0.229. The SMILES string of the molecule is CC(C)=C1CCc2ccccc2C1=O. The lowest BCUT2D eigenvalue weighted by molar-refractivity contribution is 0.102. The maximum absolute atomic E-state index is 12.0.